The first-order valence-electron chi connectivity index (χ1n) is 8.54. The van der Waals surface area contributed by atoms with Gasteiger partial charge in [-0.15, -0.1) is 12.4 Å². The minimum absolute atomic E-state index is 0. The second-order valence-corrected chi connectivity index (χ2v) is 5.91. The Morgan fingerprint density at radius 1 is 1.21 bits per heavy atom. The summed E-state index contributed by atoms with van der Waals surface area (Å²) in [6, 6.07) is 10.3. The van der Waals surface area contributed by atoms with Gasteiger partial charge in [0.1, 0.15) is 6.10 Å². The Balaban J connectivity index is 0.00000288. The number of amides is 1. The number of carbonyl (C=O) groups is 1. The number of hydrogen-bond acceptors (Lipinski definition) is 4. The van der Waals surface area contributed by atoms with Crippen molar-refractivity contribution in [1.29, 1.82) is 0 Å². The Morgan fingerprint density at radius 3 is 2.71 bits per heavy atom. The third-order valence-corrected chi connectivity index (χ3v) is 4.06. The number of unbranched alkanes of at least 4 members (excludes halogenated alkanes) is 1. The zero-order valence-electron chi connectivity index (χ0n) is 14.1. The van der Waals surface area contributed by atoms with Crippen molar-refractivity contribution in [3.63, 3.8) is 0 Å². The number of hydrogen-bond donors (Lipinski definition) is 2. The van der Waals surface area contributed by atoms with Crippen molar-refractivity contribution in [2.45, 2.75) is 44.3 Å². The maximum absolute atomic E-state index is 11.9. The van der Waals surface area contributed by atoms with Crippen LogP contribution in [-0.4, -0.2) is 44.4 Å². The molecular weight excluding hydrogens is 328 g/mol. The van der Waals surface area contributed by atoms with Crippen molar-refractivity contribution in [3.05, 3.63) is 35.9 Å². The van der Waals surface area contributed by atoms with Gasteiger partial charge in [0.15, 0.2) is 0 Å². The molecule has 0 aliphatic carbocycles. The van der Waals surface area contributed by atoms with E-state index in [2.05, 4.69) is 17.4 Å². The molecule has 1 heterocycles. The molecule has 1 aliphatic heterocycles. The average Bonchev–Trinajstić information content (AvgIpc) is 3.07. The first kappa shape index (κ1) is 20.9. The molecule has 0 radical (unpaired) electrons. The van der Waals surface area contributed by atoms with Gasteiger partial charge in [-0.2, -0.15) is 0 Å². The average molecular weight is 357 g/mol. The van der Waals surface area contributed by atoms with Crippen LogP contribution in [0, 0.1) is 0 Å². The predicted molar refractivity (Wildman–Crippen MR) is 97.4 cm³/mol. The van der Waals surface area contributed by atoms with Crippen molar-refractivity contribution in [3.8, 4) is 0 Å². The molecule has 0 saturated carbocycles. The van der Waals surface area contributed by atoms with E-state index in [4.69, 9.17) is 15.2 Å². The summed E-state index contributed by atoms with van der Waals surface area (Å²) in [6.07, 6.45) is 4.20. The molecule has 136 valence electrons. The molecule has 1 aromatic carbocycles. The van der Waals surface area contributed by atoms with Gasteiger partial charge in [-0.25, -0.2) is 0 Å². The third kappa shape index (κ3) is 7.62. The summed E-state index contributed by atoms with van der Waals surface area (Å²) in [4.78, 5) is 11.9. The quantitative estimate of drug-likeness (QED) is 0.629. The Labute approximate surface area is 150 Å². The first-order chi connectivity index (χ1) is 11.3. The summed E-state index contributed by atoms with van der Waals surface area (Å²) in [5, 5.41) is 2.93. The van der Waals surface area contributed by atoms with E-state index in [0.29, 0.717) is 13.1 Å². The lowest BCUT2D eigenvalue weighted by Gasteiger charge is -2.12. The van der Waals surface area contributed by atoms with Crippen LogP contribution < -0.4 is 11.1 Å². The van der Waals surface area contributed by atoms with Crippen molar-refractivity contribution < 1.29 is 14.3 Å². The minimum atomic E-state index is -0.314. The van der Waals surface area contributed by atoms with E-state index < -0.39 is 0 Å². The van der Waals surface area contributed by atoms with Crippen LogP contribution in [0.15, 0.2) is 30.3 Å². The predicted octanol–water partition coefficient (Wildman–Crippen LogP) is 2.07. The fourth-order valence-electron chi connectivity index (χ4n) is 2.66. The van der Waals surface area contributed by atoms with Crippen LogP contribution in [0.3, 0.4) is 0 Å². The van der Waals surface area contributed by atoms with E-state index in [0.717, 1.165) is 45.3 Å². The molecule has 3 N–H and O–H groups in total. The van der Waals surface area contributed by atoms with Gasteiger partial charge in [0.05, 0.1) is 12.7 Å². The number of nitrogens with two attached hydrogens (primary N) is 1. The zero-order chi connectivity index (χ0) is 16.3. The van der Waals surface area contributed by atoms with E-state index in [1.807, 2.05) is 18.2 Å². The van der Waals surface area contributed by atoms with E-state index >= 15 is 0 Å². The van der Waals surface area contributed by atoms with Gasteiger partial charge in [-0.05, 0) is 37.7 Å². The summed E-state index contributed by atoms with van der Waals surface area (Å²) < 4.78 is 11.2. The second-order valence-electron chi connectivity index (χ2n) is 5.91. The van der Waals surface area contributed by atoms with Gasteiger partial charge in [0.2, 0.25) is 5.91 Å². The van der Waals surface area contributed by atoms with E-state index in [1.54, 1.807) is 0 Å². The number of ether oxygens (including phenoxy) is 2. The molecule has 1 aromatic rings. The number of carbonyl (C=O) groups excluding carboxylic acids is 1. The van der Waals surface area contributed by atoms with Crippen LogP contribution in [0.4, 0.5) is 0 Å². The van der Waals surface area contributed by atoms with E-state index in [1.165, 1.54) is 5.56 Å². The Bertz CT molecular complexity index is 459. The summed E-state index contributed by atoms with van der Waals surface area (Å²) in [5.74, 6) is -0.00838. The Hall–Kier alpha value is -1.14. The molecule has 0 bridgehead atoms. The van der Waals surface area contributed by atoms with E-state index in [-0.39, 0.29) is 30.5 Å². The van der Waals surface area contributed by atoms with Gasteiger partial charge in [0.25, 0.3) is 0 Å². The van der Waals surface area contributed by atoms with Crippen LogP contribution in [0.1, 0.15) is 31.2 Å². The molecule has 1 aliphatic rings. The fraction of sp³-hybridized carbons (Fsp3) is 0.611. The Kier molecular flexibility index (Phi) is 10.7. The lowest BCUT2D eigenvalue weighted by atomic mass is 10.2. The van der Waals surface area contributed by atoms with Gasteiger partial charge in [-0.1, -0.05) is 30.3 Å². The zero-order valence-corrected chi connectivity index (χ0v) is 14.9. The molecule has 0 spiro atoms. The molecule has 0 unspecified atom stereocenters. The fourth-order valence-corrected chi connectivity index (χ4v) is 2.66. The van der Waals surface area contributed by atoms with Gasteiger partial charge >= 0.3 is 0 Å². The van der Waals surface area contributed by atoms with Gasteiger partial charge in [0, 0.05) is 19.7 Å². The molecular formula is C18H29ClN2O3. The van der Waals surface area contributed by atoms with Crippen molar-refractivity contribution >= 4 is 18.3 Å². The molecule has 2 atom stereocenters. The molecule has 2 rings (SSSR count). The van der Waals surface area contributed by atoms with E-state index in [9.17, 15) is 4.79 Å². The topological polar surface area (TPSA) is 73.6 Å². The highest BCUT2D eigenvalue weighted by Gasteiger charge is 2.29. The van der Waals surface area contributed by atoms with Crippen LogP contribution in [-0.2, 0) is 20.7 Å². The lowest BCUT2D eigenvalue weighted by molar-refractivity contribution is -0.131. The third-order valence-electron chi connectivity index (χ3n) is 4.06. The van der Waals surface area contributed by atoms with Gasteiger partial charge in [-0.3, -0.25) is 4.79 Å². The first-order valence-corrected chi connectivity index (χ1v) is 8.54. The molecule has 24 heavy (non-hydrogen) atoms. The lowest BCUT2D eigenvalue weighted by Crippen LogP contribution is -2.36. The maximum atomic E-state index is 11.9. The molecule has 1 amide bonds. The molecule has 6 heteroatoms. The summed E-state index contributed by atoms with van der Waals surface area (Å²) in [7, 11) is 0. The highest BCUT2D eigenvalue weighted by Crippen LogP contribution is 2.18. The summed E-state index contributed by atoms with van der Waals surface area (Å²) in [5.41, 5.74) is 6.84. The van der Waals surface area contributed by atoms with Crippen LogP contribution in [0.2, 0.25) is 0 Å². The smallest absolute Gasteiger partial charge is 0.249 e. The highest BCUT2D eigenvalue weighted by molar-refractivity contribution is 5.85. The molecule has 1 fully saturated rings. The molecule has 0 aromatic heterocycles. The number of benzene rings is 1. The monoisotopic (exact) mass is 356 g/mol. The maximum Gasteiger partial charge on any atom is 0.249 e. The standard InChI is InChI=1S/C18H28N2O3.ClH/c19-14-16-8-9-17(23-16)18(21)20-11-4-5-12-22-13-10-15-6-2-1-3-7-15;/h1-3,6-7,16-17H,4-5,8-14,19H2,(H,20,21);1H/t16-,17+;/m1./s1. The SMILES string of the molecule is Cl.NC[C@H]1CC[C@@H](C(=O)NCCCCOCCc2ccccc2)O1. The van der Waals surface area contributed by atoms with Gasteiger partial charge < -0.3 is 20.5 Å². The normalized spacial score (nSPS) is 19.7. The summed E-state index contributed by atoms with van der Waals surface area (Å²) >= 11 is 0. The molecule has 1 saturated heterocycles. The van der Waals surface area contributed by atoms with Crippen molar-refractivity contribution in [2.24, 2.45) is 5.73 Å². The van der Waals surface area contributed by atoms with Crippen LogP contribution in [0.5, 0.6) is 0 Å². The van der Waals surface area contributed by atoms with Crippen molar-refractivity contribution in [1.82, 2.24) is 5.32 Å². The molecule has 5 nitrogen and oxygen atoms in total. The Morgan fingerprint density at radius 2 is 2.00 bits per heavy atom. The number of halogens is 1. The number of nitrogens with one attached hydrogen (secondary N) is 1. The second kappa shape index (κ2) is 12.3. The summed E-state index contributed by atoms with van der Waals surface area (Å²) in [6.45, 7) is 2.64. The largest absolute Gasteiger partial charge is 0.381 e. The highest BCUT2D eigenvalue weighted by atomic mass is 35.5. The van der Waals surface area contributed by atoms with Crippen LogP contribution >= 0.6 is 12.4 Å². The number of rotatable bonds is 10. The van der Waals surface area contributed by atoms with Crippen LogP contribution in [0.25, 0.3) is 0 Å². The van der Waals surface area contributed by atoms with Crippen molar-refractivity contribution in [2.75, 3.05) is 26.3 Å². The minimum Gasteiger partial charge on any atom is -0.381 e.